The van der Waals surface area contributed by atoms with Crippen molar-refractivity contribution < 1.29 is 27.4 Å². The minimum Gasteiger partial charge on any atom is -0.489 e. The number of hydrogen-bond acceptors (Lipinski definition) is 6. The molecule has 7 nitrogen and oxygen atoms in total. The van der Waals surface area contributed by atoms with Crippen LogP contribution in [-0.2, 0) is 21.2 Å². The molecule has 3 rings (SSSR count). The minimum absolute atomic E-state index is 0.0170. The zero-order valence-corrected chi connectivity index (χ0v) is 20.3. The predicted octanol–water partition coefficient (Wildman–Crippen LogP) is 4.46. The van der Waals surface area contributed by atoms with Gasteiger partial charge in [0.15, 0.2) is 0 Å². The number of hydrogen-bond donors (Lipinski definition) is 1. The lowest BCUT2D eigenvalue weighted by atomic mass is 9.87. The first kappa shape index (κ1) is 23.9. The molecule has 2 aromatic rings. The Hall–Kier alpha value is -2.74. The molecule has 0 saturated carbocycles. The Morgan fingerprint density at radius 2 is 1.78 bits per heavy atom. The summed E-state index contributed by atoms with van der Waals surface area (Å²) in [5.74, 6) is 1.77. The van der Waals surface area contributed by atoms with Gasteiger partial charge < -0.3 is 14.2 Å². The zero-order valence-electron chi connectivity index (χ0n) is 19.5. The van der Waals surface area contributed by atoms with Gasteiger partial charge in [0.1, 0.15) is 29.5 Å². The fraction of sp³-hybridized carbons (Fsp3) is 0.458. The third kappa shape index (κ3) is 5.18. The summed E-state index contributed by atoms with van der Waals surface area (Å²) in [5, 5.41) is 0. The van der Waals surface area contributed by atoms with Gasteiger partial charge in [-0.1, -0.05) is 0 Å². The topological polar surface area (TPSA) is 90.9 Å². The largest absolute Gasteiger partial charge is 0.489 e. The lowest BCUT2D eigenvalue weighted by molar-refractivity contribution is -0.132. The lowest BCUT2D eigenvalue weighted by Gasteiger charge is -2.37. The van der Waals surface area contributed by atoms with Crippen LogP contribution in [0.1, 0.15) is 49.4 Å². The summed E-state index contributed by atoms with van der Waals surface area (Å²) in [6, 6.07) is 6.82. The van der Waals surface area contributed by atoms with E-state index in [0.717, 1.165) is 40.8 Å². The molecule has 0 saturated heterocycles. The van der Waals surface area contributed by atoms with E-state index >= 15 is 0 Å². The van der Waals surface area contributed by atoms with Gasteiger partial charge in [0.25, 0.3) is 0 Å². The van der Waals surface area contributed by atoms with Crippen molar-refractivity contribution in [2.24, 2.45) is 0 Å². The highest BCUT2D eigenvalue weighted by Crippen LogP contribution is 2.44. The molecule has 0 amide bonds. The van der Waals surface area contributed by atoms with Gasteiger partial charge >= 0.3 is 5.97 Å². The van der Waals surface area contributed by atoms with E-state index in [2.05, 4.69) is 4.72 Å². The van der Waals surface area contributed by atoms with E-state index in [1.807, 2.05) is 27.7 Å². The molecule has 0 bridgehead atoms. The fourth-order valence-corrected chi connectivity index (χ4v) is 4.43. The molecule has 0 aromatic heterocycles. The first-order valence-electron chi connectivity index (χ1n) is 10.7. The van der Waals surface area contributed by atoms with Gasteiger partial charge in [0.2, 0.25) is 10.0 Å². The Morgan fingerprint density at radius 1 is 1.12 bits per heavy atom. The third-order valence-corrected chi connectivity index (χ3v) is 7.17. The minimum atomic E-state index is -3.31. The Balaban J connectivity index is 1.74. The molecule has 2 aromatic carbocycles. The van der Waals surface area contributed by atoms with Crippen LogP contribution in [0.4, 0.5) is 5.69 Å². The van der Waals surface area contributed by atoms with Crippen LogP contribution in [0.15, 0.2) is 24.3 Å². The molecule has 1 heterocycles. The predicted molar refractivity (Wildman–Crippen MR) is 124 cm³/mol. The van der Waals surface area contributed by atoms with Gasteiger partial charge in [0, 0.05) is 18.2 Å². The number of carbonyl (C=O) groups excluding carboxylic acids is 1. The second-order valence-corrected chi connectivity index (χ2v) is 10.5. The summed E-state index contributed by atoms with van der Waals surface area (Å²) in [4.78, 5) is 11.5. The van der Waals surface area contributed by atoms with Crippen molar-refractivity contribution in [1.82, 2.24) is 0 Å². The van der Waals surface area contributed by atoms with E-state index in [-0.39, 0.29) is 11.7 Å². The molecule has 1 aliphatic heterocycles. The number of sulfonamides is 1. The van der Waals surface area contributed by atoms with Crippen LogP contribution < -0.4 is 18.9 Å². The third-order valence-electron chi connectivity index (χ3n) is 5.86. The molecule has 32 heavy (non-hydrogen) atoms. The van der Waals surface area contributed by atoms with Crippen LogP contribution in [-0.4, -0.2) is 32.3 Å². The second kappa shape index (κ2) is 9.02. The average molecular weight is 462 g/mol. The zero-order chi connectivity index (χ0) is 23.7. The number of fused-ring (bicyclic) bond motifs is 1. The van der Waals surface area contributed by atoms with Gasteiger partial charge in [-0.3, -0.25) is 9.52 Å². The Kier molecular flexibility index (Phi) is 6.74. The van der Waals surface area contributed by atoms with Gasteiger partial charge in [-0.05, 0) is 88.4 Å². The van der Waals surface area contributed by atoms with E-state index in [1.54, 1.807) is 31.2 Å². The summed E-state index contributed by atoms with van der Waals surface area (Å²) in [6.07, 6.45) is 1.53. The summed E-state index contributed by atoms with van der Waals surface area (Å²) in [5.41, 5.74) is 3.83. The van der Waals surface area contributed by atoms with Crippen molar-refractivity contribution in [3.8, 4) is 17.2 Å². The first-order valence-corrected chi connectivity index (χ1v) is 12.3. The molecule has 0 aliphatic carbocycles. The molecule has 174 valence electrons. The molecular weight excluding hydrogens is 430 g/mol. The van der Waals surface area contributed by atoms with Crippen molar-refractivity contribution in [3.63, 3.8) is 0 Å². The van der Waals surface area contributed by atoms with Crippen molar-refractivity contribution in [2.75, 3.05) is 17.1 Å². The smallest absolute Gasteiger partial charge is 0.308 e. The molecule has 0 fully saturated rings. The Labute approximate surface area is 190 Å². The van der Waals surface area contributed by atoms with Crippen molar-refractivity contribution >= 4 is 21.7 Å². The van der Waals surface area contributed by atoms with Crippen LogP contribution in [0.3, 0.4) is 0 Å². The van der Waals surface area contributed by atoms with Crippen molar-refractivity contribution in [1.29, 1.82) is 0 Å². The van der Waals surface area contributed by atoms with Gasteiger partial charge in [-0.15, -0.1) is 0 Å². The first-order chi connectivity index (χ1) is 14.9. The molecule has 0 spiro atoms. The maximum Gasteiger partial charge on any atom is 0.308 e. The molecular formula is C24H31NO6S. The summed E-state index contributed by atoms with van der Waals surface area (Å²) in [7, 11) is -3.31. The Bertz CT molecular complexity index is 1120. The van der Waals surface area contributed by atoms with Crippen LogP contribution in [0.5, 0.6) is 17.2 Å². The standard InChI is InChI=1S/C24H31NO6S/c1-7-32(27,28)25-19-8-10-20(11-9-19)29-14-24(6)13-12-21-17(4)22(30-18(5)26)15(2)16(3)23(21)31-24/h8-11,25H,7,12-14H2,1-6H3. The van der Waals surface area contributed by atoms with E-state index in [0.29, 0.717) is 23.8 Å². The average Bonchev–Trinajstić information content (AvgIpc) is 2.74. The monoisotopic (exact) mass is 461 g/mol. The number of ether oxygens (including phenoxy) is 3. The molecule has 1 N–H and O–H groups in total. The van der Waals surface area contributed by atoms with Gasteiger partial charge in [-0.2, -0.15) is 0 Å². The summed E-state index contributed by atoms with van der Waals surface area (Å²) < 4.78 is 43.8. The van der Waals surface area contributed by atoms with Crippen LogP contribution in [0.2, 0.25) is 0 Å². The van der Waals surface area contributed by atoms with E-state index < -0.39 is 15.6 Å². The van der Waals surface area contributed by atoms with Crippen LogP contribution >= 0.6 is 0 Å². The molecule has 1 aliphatic rings. The van der Waals surface area contributed by atoms with E-state index in [9.17, 15) is 13.2 Å². The summed E-state index contributed by atoms with van der Waals surface area (Å²) in [6.45, 7) is 11.2. The highest BCUT2D eigenvalue weighted by Gasteiger charge is 2.35. The second-order valence-electron chi connectivity index (χ2n) is 8.48. The summed E-state index contributed by atoms with van der Waals surface area (Å²) >= 11 is 0. The Morgan fingerprint density at radius 3 is 2.38 bits per heavy atom. The normalized spacial score (nSPS) is 17.8. The highest BCUT2D eigenvalue weighted by molar-refractivity contribution is 7.92. The SMILES string of the molecule is CCS(=O)(=O)Nc1ccc(OCC2(C)CCc3c(C)c(OC(C)=O)c(C)c(C)c3O2)cc1. The lowest BCUT2D eigenvalue weighted by Crippen LogP contribution is -2.42. The van der Waals surface area contributed by atoms with Gasteiger partial charge in [0.05, 0.1) is 5.75 Å². The number of carbonyl (C=O) groups is 1. The van der Waals surface area contributed by atoms with Gasteiger partial charge in [-0.25, -0.2) is 8.42 Å². The molecule has 1 atom stereocenters. The number of rotatable bonds is 7. The number of benzene rings is 2. The fourth-order valence-electron chi connectivity index (χ4n) is 3.79. The van der Waals surface area contributed by atoms with Crippen LogP contribution in [0, 0.1) is 20.8 Å². The molecule has 8 heteroatoms. The highest BCUT2D eigenvalue weighted by atomic mass is 32.2. The van der Waals surface area contributed by atoms with Crippen molar-refractivity contribution in [3.05, 3.63) is 46.5 Å². The molecule has 0 radical (unpaired) electrons. The quantitative estimate of drug-likeness (QED) is 0.484. The number of nitrogens with one attached hydrogen (secondary N) is 1. The number of anilines is 1. The van der Waals surface area contributed by atoms with Crippen molar-refractivity contribution in [2.45, 2.75) is 60.0 Å². The maximum absolute atomic E-state index is 11.7. The molecule has 1 unspecified atom stereocenters. The van der Waals surface area contributed by atoms with E-state index in [4.69, 9.17) is 14.2 Å². The van der Waals surface area contributed by atoms with E-state index in [1.165, 1.54) is 6.92 Å². The van der Waals surface area contributed by atoms with Crippen LogP contribution in [0.25, 0.3) is 0 Å². The number of esters is 1. The maximum atomic E-state index is 11.7.